The number of aliphatic hydroxyl groups is 1. The zero-order chi connectivity index (χ0) is 14.5. The Balaban J connectivity index is 1.98. The smallest absolute Gasteiger partial charge is 0.0942 e. The van der Waals surface area contributed by atoms with Crippen molar-refractivity contribution >= 4 is 0 Å². The van der Waals surface area contributed by atoms with E-state index in [4.69, 9.17) is 0 Å². The second-order valence-electron chi connectivity index (χ2n) is 6.45. The molecule has 0 spiro atoms. The minimum Gasteiger partial charge on any atom is -0.387 e. The number of aryl methyl sites for hydroxylation is 2. The SMILES string of the molecule is Cc1ccc(C(O)C(C)NC2CCCCCC2)c(C)c1. The van der Waals surface area contributed by atoms with Crippen LogP contribution in [0.2, 0.25) is 0 Å². The van der Waals surface area contributed by atoms with Gasteiger partial charge >= 0.3 is 0 Å². The summed E-state index contributed by atoms with van der Waals surface area (Å²) in [5, 5.41) is 14.2. The first-order valence-corrected chi connectivity index (χ1v) is 8.09. The van der Waals surface area contributed by atoms with E-state index in [0.717, 1.165) is 5.56 Å². The van der Waals surface area contributed by atoms with Crippen LogP contribution in [-0.2, 0) is 0 Å². The molecule has 1 aromatic rings. The summed E-state index contributed by atoms with van der Waals surface area (Å²) in [6.07, 6.45) is 7.47. The predicted molar refractivity (Wildman–Crippen MR) is 85.0 cm³/mol. The van der Waals surface area contributed by atoms with Gasteiger partial charge < -0.3 is 10.4 Å². The quantitative estimate of drug-likeness (QED) is 0.813. The van der Waals surface area contributed by atoms with Gasteiger partial charge in [-0.2, -0.15) is 0 Å². The monoisotopic (exact) mass is 275 g/mol. The molecule has 1 aliphatic carbocycles. The number of benzene rings is 1. The van der Waals surface area contributed by atoms with Crippen molar-refractivity contribution in [2.45, 2.75) is 77.5 Å². The first kappa shape index (κ1) is 15.5. The molecule has 0 radical (unpaired) electrons. The highest BCUT2D eigenvalue weighted by Gasteiger charge is 2.21. The number of rotatable bonds is 4. The Labute approximate surface area is 123 Å². The minimum absolute atomic E-state index is 0.111. The van der Waals surface area contributed by atoms with E-state index in [0.29, 0.717) is 6.04 Å². The predicted octanol–water partition coefficient (Wildman–Crippen LogP) is 4.04. The minimum atomic E-state index is -0.418. The third kappa shape index (κ3) is 4.07. The Morgan fingerprint density at radius 3 is 2.35 bits per heavy atom. The van der Waals surface area contributed by atoms with Crippen molar-refractivity contribution in [2.75, 3.05) is 0 Å². The van der Waals surface area contributed by atoms with Gasteiger partial charge in [-0.3, -0.25) is 0 Å². The third-order valence-corrected chi connectivity index (χ3v) is 4.57. The van der Waals surface area contributed by atoms with Gasteiger partial charge in [0.2, 0.25) is 0 Å². The van der Waals surface area contributed by atoms with Gasteiger partial charge in [0.1, 0.15) is 0 Å². The van der Waals surface area contributed by atoms with Crippen molar-refractivity contribution in [3.63, 3.8) is 0 Å². The molecule has 0 amide bonds. The van der Waals surface area contributed by atoms with Gasteiger partial charge in [-0.15, -0.1) is 0 Å². The van der Waals surface area contributed by atoms with Crippen molar-refractivity contribution in [3.05, 3.63) is 34.9 Å². The van der Waals surface area contributed by atoms with E-state index in [1.165, 1.54) is 49.7 Å². The Hall–Kier alpha value is -0.860. The zero-order valence-corrected chi connectivity index (χ0v) is 13.2. The van der Waals surface area contributed by atoms with Gasteiger partial charge in [-0.1, -0.05) is 49.4 Å². The molecule has 1 saturated carbocycles. The second kappa shape index (κ2) is 7.24. The number of hydrogen-bond acceptors (Lipinski definition) is 2. The number of nitrogens with one attached hydrogen (secondary N) is 1. The topological polar surface area (TPSA) is 32.3 Å². The molecule has 2 atom stereocenters. The molecule has 112 valence electrons. The molecule has 0 aromatic heterocycles. The summed E-state index contributed by atoms with van der Waals surface area (Å²) in [5.74, 6) is 0. The summed E-state index contributed by atoms with van der Waals surface area (Å²) in [4.78, 5) is 0. The lowest BCUT2D eigenvalue weighted by Crippen LogP contribution is -2.40. The Morgan fingerprint density at radius 1 is 1.10 bits per heavy atom. The van der Waals surface area contributed by atoms with Crippen LogP contribution in [0.25, 0.3) is 0 Å². The molecule has 1 aliphatic rings. The fourth-order valence-electron chi connectivity index (χ4n) is 3.34. The highest BCUT2D eigenvalue weighted by molar-refractivity contribution is 5.32. The summed E-state index contributed by atoms with van der Waals surface area (Å²) in [6.45, 7) is 6.29. The molecule has 20 heavy (non-hydrogen) atoms. The first-order chi connectivity index (χ1) is 9.58. The Morgan fingerprint density at radius 2 is 1.75 bits per heavy atom. The average molecular weight is 275 g/mol. The molecule has 2 heteroatoms. The van der Waals surface area contributed by atoms with Crippen LogP contribution in [0.3, 0.4) is 0 Å². The van der Waals surface area contributed by atoms with E-state index in [9.17, 15) is 5.11 Å². The highest BCUT2D eigenvalue weighted by atomic mass is 16.3. The van der Waals surface area contributed by atoms with Crippen LogP contribution in [0.15, 0.2) is 18.2 Å². The molecule has 0 saturated heterocycles. The third-order valence-electron chi connectivity index (χ3n) is 4.57. The fourth-order valence-corrected chi connectivity index (χ4v) is 3.34. The summed E-state index contributed by atoms with van der Waals surface area (Å²) < 4.78 is 0. The molecule has 0 heterocycles. The van der Waals surface area contributed by atoms with Crippen LogP contribution in [0.1, 0.15) is 68.2 Å². The molecule has 1 aromatic carbocycles. The van der Waals surface area contributed by atoms with Crippen molar-refractivity contribution < 1.29 is 5.11 Å². The molecule has 2 N–H and O–H groups in total. The Kier molecular flexibility index (Phi) is 5.62. The maximum absolute atomic E-state index is 10.6. The molecule has 1 fully saturated rings. The van der Waals surface area contributed by atoms with E-state index in [1.807, 2.05) is 0 Å². The maximum atomic E-state index is 10.6. The lowest BCUT2D eigenvalue weighted by Gasteiger charge is -2.27. The standard InChI is InChI=1S/C18H29NO/c1-13-10-11-17(14(2)12-13)18(20)15(3)19-16-8-6-4-5-7-9-16/h10-12,15-16,18-20H,4-9H2,1-3H3. The number of aliphatic hydroxyl groups excluding tert-OH is 1. The molecule has 2 rings (SSSR count). The summed E-state index contributed by atoms with van der Waals surface area (Å²) in [5.41, 5.74) is 3.50. The normalized spacial score (nSPS) is 20.4. The highest BCUT2D eigenvalue weighted by Crippen LogP contribution is 2.24. The van der Waals surface area contributed by atoms with E-state index < -0.39 is 6.10 Å². The summed E-state index contributed by atoms with van der Waals surface area (Å²) >= 11 is 0. The fraction of sp³-hybridized carbons (Fsp3) is 0.667. The van der Waals surface area contributed by atoms with E-state index >= 15 is 0 Å². The first-order valence-electron chi connectivity index (χ1n) is 8.09. The molecular formula is C18H29NO. The van der Waals surface area contributed by atoms with Crippen molar-refractivity contribution in [1.82, 2.24) is 5.32 Å². The van der Waals surface area contributed by atoms with Crippen LogP contribution < -0.4 is 5.32 Å². The molecule has 2 nitrogen and oxygen atoms in total. The van der Waals surface area contributed by atoms with Gasteiger partial charge in [0.05, 0.1) is 6.10 Å². The molecule has 0 bridgehead atoms. The summed E-state index contributed by atoms with van der Waals surface area (Å²) in [7, 11) is 0. The Bertz CT molecular complexity index is 421. The lowest BCUT2D eigenvalue weighted by molar-refractivity contribution is 0.127. The maximum Gasteiger partial charge on any atom is 0.0942 e. The second-order valence-corrected chi connectivity index (χ2v) is 6.45. The molecular weight excluding hydrogens is 246 g/mol. The van der Waals surface area contributed by atoms with Crippen molar-refractivity contribution in [3.8, 4) is 0 Å². The van der Waals surface area contributed by atoms with E-state index in [-0.39, 0.29) is 6.04 Å². The van der Waals surface area contributed by atoms with Gasteiger partial charge in [0.15, 0.2) is 0 Å². The van der Waals surface area contributed by atoms with Gasteiger partial charge in [0.25, 0.3) is 0 Å². The van der Waals surface area contributed by atoms with E-state index in [2.05, 4.69) is 44.3 Å². The largest absolute Gasteiger partial charge is 0.387 e. The van der Waals surface area contributed by atoms with Crippen LogP contribution in [0.5, 0.6) is 0 Å². The van der Waals surface area contributed by atoms with Crippen LogP contribution >= 0.6 is 0 Å². The van der Waals surface area contributed by atoms with Gasteiger partial charge in [-0.25, -0.2) is 0 Å². The molecule has 0 aliphatic heterocycles. The van der Waals surface area contributed by atoms with Gasteiger partial charge in [-0.05, 0) is 44.7 Å². The van der Waals surface area contributed by atoms with Crippen molar-refractivity contribution in [2.24, 2.45) is 0 Å². The number of hydrogen-bond donors (Lipinski definition) is 2. The zero-order valence-electron chi connectivity index (χ0n) is 13.2. The summed E-state index contributed by atoms with van der Waals surface area (Å²) in [6, 6.07) is 6.99. The van der Waals surface area contributed by atoms with Crippen LogP contribution in [-0.4, -0.2) is 17.2 Å². The van der Waals surface area contributed by atoms with Crippen molar-refractivity contribution in [1.29, 1.82) is 0 Å². The van der Waals surface area contributed by atoms with Gasteiger partial charge in [0, 0.05) is 12.1 Å². The average Bonchev–Trinajstić information content (AvgIpc) is 2.66. The van der Waals surface area contributed by atoms with Crippen LogP contribution in [0, 0.1) is 13.8 Å². The lowest BCUT2D eigenvalue weighted by atomic mass is 9.96. The van der Waals surface area contributed by atoms with Crippen LogP contribution in [0.4, 0.5) is 0 Å². The molecule has 2 unspecified atom stereocenters. The van der Waals surface area contributed by atoms with E-state index in [1.54, 1.807) is 0 Å².